The van der Waals surface area contributed by atoms with Gasteiger partial charge in [0.05, 0.1) is 5.69 Å². The molecule has 1 aromatic rings. The first-order valence-corrected chi connectivity index (χ1v) is 7.45. The molecule has 19 heavy (non-hydrogen) atoms. The van der Waals surface area contributed by atoms with Crippen LogP contribution in [0.4, 0.5) is 5.69 Å². The summed E-state index contributed by atoms with van der Waals surface area (Å²) >= 11 is 0. The topological polar surface area (TPSA) is 89.3 Å². The van der Waals surface area contributed by atoms with Crippen molar-refractivity contribution in [3.05, 3.63) is 36.9 Å². The Morgan fingerprint density at radius 1 is 1.47 bits per heavy atom. The molecular formula is C13H16N2O3S. The molecule has 1 aromatic carbocycles. The minimum atomic E-state index is -3.88. The first-order valence-electron chi connectivity index (χ1n) is 5.96. The number of para-hydroxylation sites is 1. The minimum absolute atomic E-state index is 0.0700. The van der Waals surface area contributed by atoms with Crippen molar-refractivity contribution >= 4 is 21.6 Å². The molecule has 1 aliphatic carbocycles. The fourth-order valence-corrected chi connectivity index (χ4v) is 3.13. The molecule has 3 N–H and O–H groups in total. The molecule has 2 rings (SSSR count). The van der Waals surface area contributed by atoms with E-state index in [0.717, 1.165) is 6.42 Å². The Morgan fingerprint density at radius 2 is 2.16 bits per heavy atom. The Kier molecular flexibility index (Phi) is 3.61. The van der Waals surface area contributed by atoms with Gasteiger partial charge in [0.1, 0.15) is 4.90 Å². The zero-order valence-corrected chi connectivity index (χ0v) is 11.2. The SMILES string of the molecule is C=C[C@@H]1CC1CC(=O)NS(=O)(=O)c1ccccc1N. The van der Waals surface area contributed by atoms with Gasteiger partial charge in [-0.25, -0.2) is 13.1 Å². The maximum Gasteiger partial charge on any atom is 0.266 e. The van der Waals surface area contributed by atoms with Crippen molar-refractivity contribution in [3.63, 3.8) is 0 Å². The van der Waals surface area contributed by atoms with E-state index in [9.17, 15) is 13.2 Å². The molecule has 2 atom stereocenters. The van der Waals surface area contributed by atoms with Crippen LogP contribution >= 0.6 is 0 Å². The first kappa shape index (κ1) is 13.6. The molecule has 0 spiro atoms. The lowest BCUT2D eigenvalue weighted by atomic mass is 10.2. The molecule has 0 aromatic heterocycles. The number of carbonyl (C=O) groups is 1. The average molecular weight is 280 g/mol. The van der Waals surface area contributed by atoms with Crippen molar-refractivity contribution in [3.8, 4) is 0 Å². The number of nitrogen functional groups attached to an aromatic ring is 1. The lowest BCUT2D eigenvalue weighted by Crippen LogP contribution is -2.31. The van der Waals surface area contributed by atoms with E-state index in [1.54, 1.807) is 18.2 Å². The van der Waals surface area contributed by atoms with E-state index in [0.29, 0.717) is 5.92 Å². The van der Waals surface area contributed by atoms with Gasteiger partial charge in [0.15, 0.2) is 0 Å². The van der Waals surface area contributed by atoms with E-state index in [2.05, 4.69) is 6.58 Å². The lowest BCUT2D eigenvalue weighted by Gasteiger charge is -2.08. The first-order chi connectivity index (χ1) is 8.94. The summed E-state index contributed by atoms with van der Waals surface area (Å²) in [5.74, 6) is 0.0358. The zero-order valence-electron chi connectivity index (χ0n) is 10.4. The molecule has 102 valence electrons. The number of nitrogens with one attached hydrogen (secondary N) is 1. The van der Waals surface area contributed by atoms with E-state index in [-0.39, 0.29) is 22.9 Å². The van der Waals surface area contributed by atoms with Gasteiger partial charge < -0.3 is 5.73 Å². The highest BCUT2D eigenvalue weighted by atomic mass is 32.2. The molecule has 0 heterocycles. The molecule has 0 radical (unpaired) electrons. The highest BCUT2D eigenvalue weighted by molar-refractivity contribution is 7.90. The number of hydrogen-bond donors (Lipinski definition) is 2. The summed E-state index contributed by atoms with van der Waals surface area (Å²) in [4.78, 5) is 11.6. The number of allylic oxidation sites excluding steroid dienone is 1. The molecule has 1 saturated carbocycles. The van der Waals surface area contributed by atoms with Gasteiger partial charge in [-0.1, -0.05) is 18.2 Å². The number of amides is 1. The molecule has 1 aliphatic rings. The maximum absolute atomic E-state index is 12.0. The van der Waals surface area contributed by atoms with Gasteiger partial charge >= 0.3 is 0 Å². The van der Waals surface area contributed by atoms with Crippen LogP contribution in [-0.2, 0) is 14.8 Å². The van der Waals surface area contributed by atoms with Crippen molar-refractivity contribution in [1.82, 2.24) is 4.72 Å². The summed E-state index contributed by atoms with van der Waals surface area (Å²) in [5.41, 5.74) is 5.72. The number of sulfonamides is 1. The van der Waals surface area contributed by atoms with Crippen molar-refractivity contribution in [2.45, 2.75) is 17.7 Å². The van der Waals surface area contributed by atoms with Crippen LogP contribution in [-0.4, -0.2) is 14.3 Å². The average Bonchev–Trinajstić information content (AvgIpc) is 3.06. The van der Waals surface area contributed by atoms with E-state index in [4.69, 9.17) is 5.73 Å². The van der Waals surface area contributed by atoms with Crippen LogP contribution in [0, 0.1) is 11.8 Å². The number of nitrogens with two attached hydrogens (primary N) is 1. The predicted octanol–water partition coefficient (Wildman–Crippen LogP) is 1.29. The summed E-state index contributed by atoms with van der Waals surface area (Å²) in [6.07, 6.45) is 2.88. The smallest absolute Gasteiger partial charge is 0.266 e. The van der Waals surface area contributed by atoms with Crippen LogP contribution in [0.2, 0.25) is 0 Å². The second-order valence-corrected chi connectivity index (χ2v) is 6.32. The van der Waals surface area contributed by atoms with Crippen LogP contribution in [0.5, 0.6) is 0 Å². The molecule has 1 fully saturated rings. The van der Waals surface area contributed by atoms with Gasteiger partial charge in [-0.05, 0) is 30.4 Å². The molecule has 1 amide bonds. The molecular weight excluding hydrogens is 264 g/mol. The van der Waals surface area contributed by atoms with Crippen molar-refractivity contribution in [1.29, 1.82) is 0 Å². The molecule has 0 saturated heterocycles. The van der Waals surface area contributed by atoms with Crippen LogP contribution < -0.4 is 10.5 Å². The van der Waals surface area contributed by atoms with Crippen molar-refractivity contribution < 1.29 is 13.2 Å². The highest BCUT2D eigenvalue weighted by Crippen LogP contribution is 2.41. The van der Waals surface area contributed by atoms with Gasteiger partial charge in [0.25, 0.3) is 10.0 Å². The third-order valence-electron chi connectivity index (χ3n) is 3.18. The fourth-order valence-electron chi connectivity index (χ4n) is 2.00. The Hall–Kier alpha value is -1.82. The van der Waals surface area contributed by atoms with E-state index < -0.39 is 15.9 Å². The largest absolute Gasteiger partial charge is 0.398 e. The second kappa shape index (κ2) is 5.05. The number of hydrogen-bond acceptors (Lipinski definition) is 4. The van der Waals surface area contributed by atoms with Crippen LogP contribution in [0.15, 0.2) is 41.8 Å². The van der Waals surface area contributed by atoms with Crippen LogP contribution in [0.25, 0.3) is 0 Å². The van der Waals surface area contributed by atoms with Gasteiger partial charge in [-0.3, -0.25) is 4.79 Å². The fraction of sp³-hybridized carbons (Fsp3) is 0.308. The number of benzene rings is 1. The third kappa shape index (κ3) is 3.14. The Morgan fingerprint density at radius 3 is 2.74 bits per heavy atom. The highest BCUT2D eigenvalue weighted by Gasteiger charge is 2.36. The van der Waals surface area contributed by atoms with Crippen LogP contribution in [0.3, 0.4) is 0 Å². The molecule has 6 heteroatoms. The quantitative estimate of drug-likeness (QED) is 0.628. The van der Waals surface area contributed by atoms with E-state index >= 15 is 0 Å². The summed E-state index contributed by atoms with van der Waals surface area (Å²) in [6.45, 7) is 3.65. The van der Waals surface area contributed by atoms with Crippen LogP contribution in [0.1, 0.15) is 12.8 Å². The predicted molar refractivity (Wildman–Crippen MR) is 72.6 cm³/mol. The molecule has 0 aliphatic heterocycles. The summed E-state index contributed by atoms with van der Waals surface area (Å²) in [5, 5.41) is 0. The number of anilines is 1. The number of rotatable bonds is 5. The van der Waals surface area contributed by atoms with Gasteiger partial charge in [-0.2, -0.15) is 0 Å². The van der Waals surface area contributed by atoms with Crippen molar-refractivity contribution in [2.24, 2.45) is 11.8 Å². The standard InChI is InChI=1S/C13H16N2O3S/c1-2-9-7-10(9)8-13(16)15-19(17,18)12-6-4-3-5-11(12)14/h2-6,9-10H,1,7-8,14H2,(H,15,16)/t9-,10?/m1/s1. The lowest BCUT2D eigenvalue weighted by molar-refractivity contribution is -0.119. The van der Waals surface area contributed by atoms with Gasteiger partial charge in [-0.15, -0.1) is 6.58 Å². The minimum Gasteiger partial charge on any atom is -0.398 e. The summed E-state index contributed by atoms with van der Waals surface area (Å²) in [6, 6.07) is 6.04. The maximum atomic E-state index is 12.0. The summed E-state index contributed by atoms with van der Waals surface area (Å²) < 4.78 is 26.0. The Labute approximate surface area is 112 Å². The summed E-state index contributed by atoms with van der Waals surface area (Å²) in [7, 11) is -3.88. The molecule has 0 bridgehead atoms. The third-order valence-corrected chi connectivity index (χ3v) is 4.63. The number of carbonyl (C=O) groups excluding carboxylic acids is 1. The van der Waals surface area contributed by atoms with Gasteiger partial charge in [0.2, 0.25) is 5.91 Å². The van der Waals surface area contributed by atoms with E-state index in [1.165, 1.54) is 12.1 Å². The van der Waals surface area contributed by atoms with Gasteiger partial charge in [0, 0.05) is 6.42 Å². The molecule has 5 nitrogen and oxygen atoms in total. The molecule has 1 unspecified atom stereocenters. The van der Waals surface area contributed by atoms with E-state index in [1.807, 2.05) is 4.72 Å². The Balaban J connectivity index is 2.04. The second-order valence-electron chi connectivity index (χ2n) is 4.67. The zero-order chi connectivity index (χ0) is 14.0. The normalized spacial score (nSPS) is 21.7. The van der Waals surface area contributed by atoms with Crippen molar-refractivity contribution in [2.75, 3.05) is 5.73 Å². The monoisotopic (exact) mass is 280 g/mol. The Bertz CT molecular complexity index is 610.